The van der Waals surface area contributed by atoms with Crippen molar-refractivity contribution >= 4 is 27.2 Å². The molecule has 0 aliphatic rings. The van der Waals surface area contributed by atoms with E-state index in [-0.39, 0.29) is 11.8 Å². The van der Waals surface area contributed by atoms with Gasteiger partial charge in [-0.15, -0.1) is 11.3 Å². The second kappa shape index (κ2) is 6.81. The van der Waals surface area contributed by atoms with Crippen LogP contribution in [0.3, 0.4) is 0 Å². The average molecular weight is 360 g/mol. The summed E-state index contributed by atoms with van der Waals surface area (Å²) in [6, 6.07) is 20.1. The molecule has 1 heterocycles. The number of aromatic nitrogens is 1. The van der Waals surface area contributed by atoms with E-state index in [1.54, 1.807) is 17.4 Å². The molecule has 1 unspecified atom stereocenters. The van der Waals surface area contributed by atoms with Crippen LogP contribution in [0.25, 0.3) is 10.8 Å². The highest BCUT2D eigenvalue weighted by atomic mass is 32.1. The van der Waals surface area contributed by atoms with Gasteiger partial charge in [0.15, 0.2) is 5.13 Å². The zero-order valence-corrected chi connectivity index (χ0v) is 15.5. The molecule has 0 fully saturated rings. The first kappa shape index (κ1) is 16.6. The lowest BCUT2D eigenvalue weighted by atomic mass is 9.92. The van der Waals surface area contributed by atoms with Gasteiger partial charge >= 0.3 is 0 Å². The largest absolute Gasteiger partial charge is 0.508 e. The third kappa shape index (κ3) is 3.16. The maximum atomic E-state index is 10.7. The molecule has 130 valence electrons. The van der Waals surface area contributed by atoms with E-state index in [4.69, 9.17) is 0 Å². The van der Waals surface area contributed by atoms with Crippen LogP contribution < -0.4 is 5.32 Å². The van der Waals surface area contributed by atoms with Crippen LogP contribution in [0.1, 0.15) is 27.6 Å². The number of aromatic hydroxyl groups is 1. The number of nitrogens with zero attached hydrogens (tertiary/aromatic N) is 1. The minimum Gasteiger partial charge on any atom is -0.508 e. The summed E-state index contributed by atoms with van der Waals surface area (Å²) >= 11 is 1.62. The molecule has 1 atom stereocenters. The highest BCUT2D eigenvalue weighted by Gasteiger charge is 2.21. The molecule has 3 aromatic carbocycles. The molecule has 26 heavy (non-hydrogen) atoms. The van der Waals surface area contributed by atoms with Gasteiger partial charge in [0.2, 0.25) is 0 Å². The van der Waals surface area contributed by atoms with Gasteiger partial charge in [-0.1, -0.05) is 60.2 Å². The van der Waals surface area contributed by atoms with Crippen molar-refractivity contribution in [2.75, 3.05) is 5.32 Å². The molecule has 0 aliphatic heterocycles. The number of hydrogen-bond acceptors (Lipinski definition) is 4. The lowest BCUT2D eigenvalue weighted by molar-refractivity contribution is 0.468. The van der Waals surface area contributed by atoms with E-state index in [1.165, 1.54) is 5.56 Å². The van der Waals surface area contributed by atoms with Gasteiger partial charge in [0.1, 0.15) is 5.75 Å². The first-order valence-corrected chi connectivity index (χ1v) is 9.39. The van der Waals surface area contributed by atoms with Crippen LogP contribution in [-0.2, 0) is 0 Å². The topological polar surface area (TPSA) is 45.2 Å². The molecule has 2 N–H and O–H groups in total. The Kier molecular flexibility index (Phi) is 4.35. The number of phenols is 1. The van der Waals surface area contributed by atoms with E-state index in [1.807, 2.05) is 31.3 Å². The Morgan fingerprint density at radius 3 is 2.46 bits per heavy atom. The Morgan fingerprint density at radius 1 is 0.962 bits per heavy atom. The minimum absolute atomic E-state index is 0.188. The Morgan fingerprint density at radius 2 is 1.73 bits per heavy atom. The number of fused-ring (bicyclic) bond motifs is 1. The van der Waals surface area contributed by atoms with Gasteiger partial charge in [-0.3, -0.25) is 0 Å². The summed E-state index contributed by atoms with van der Waals surface area (Å²) in [6.45, 7) is 4.12. The van der Waals surface area contributed by atoms with Crippen LogP contribution in [0.15, 0.2) is 66.9 Å². The van der Waals surface area contributed by atoms with Gasteiger partial charge in [-0.05, 0) is 36.2 Å². The predicted octanol–water partition coefficient (Wildman–Crippen LogP) is 5.82. The van der Waals surface area contributed by atoms with Crippen LogP contribution in [-0.4, -0.2) is 10.1 Å². The van der Waals surface area contributed by atoms with Gasteiger partial charge in [0.25, 0.3) is 0 Å². The molecular weight excluding hydrogens is 340 g/mol. The van der Waals surface area contributed by atoms with Crippen LogP contribution >= 0.6 is 11.3 Å². The molecule has 4 rings (SSSR count). The summed E-state index contributed by atoms with van der Waals surface area (Å²) in [5.74, 6) is 0.287. The smallest absolute Gasteiger partial charge is 0.183 e. The Hall–Kier alpha value is -2.85. The third-order valence-corrected chi connectivity index (χ3v) is 5.38. The summed E-state index contributed by atoms with van der Waals surface area (Å²) in [5.41, 5.74) is 3.18. The number of rotatable bonds is 4. The molecular formula is C22H20N2OS. The number of anilines is 1. The molecule has 4 aromatic rings. The molecule has 4 heteroatoms. The Bertz CT molecular complexity index is 1050. The van der Waals surface area contributed by atoms with Crippen LogP contribution in [0, 0.1) is 13.8 Å². The molecule has 3 nitrogen and oxygen atoms in total. The number of aryl methyl sites for hydroxylation is 2. The normalized spacial score (nSPS) is 12.2. The van der Waals surface area contributed by atoms with E-state index in [0.29, 0.717) is 0 Å². The molecule has 1 aromatic heterocycles. The predicted molar refractivity (Wildman–Crippen MR) is 109 cm³/mol. The third-order valence-electron chi connectivity index (χ3n) is 4.54. The summed E-state index contributed by atoms with van der Waals surface area (Å²) in [6.07, 6.45) is 1.86. The van der Waals surface area contributed by atoms with E-state index >= 15 is 0 Å². The number of thiazole rings is 1. The Labute approximate surface area is 157 Å². The van der Waals surface area contributed by atoms with E-state index < -0.39 is 0 Å². The second-order valence-corrected chi connectivity index (χ2v) is 7.72. The molecule has 0 saturated carbocycles. The first-order valence-electron chi connectivity index (χ1n) is 8.58. The standard InChI is InChI=1S/C22H20N2OS/c1-14-7-9-17(10-8-14)21(24-22-23-13-15(2)26-22)20-18-6-4-3-5-16(18)11-12-19(20)25/h3-13,21,25H,1-2H3,(H,23,24). The summed E-state index contributed by atoms with van der Waals surface area (Å²) in [4.78, 5) is 5.61. The summed E-state index contributed by atoms with van der Waals surface area (Å²) in [7, 11) is 0. The van der Waals surface area contributed by atoms with Gasteiger partial charge in [-0.25, -0.2) is 4.98 Å². The number of nitrogens with one attached hydrogen (secondary N) is 1. The fourth-order valence-corrected chi connectivity index (χ4v) is 3.91. The van der Waals surface area contributed by atoms with Gasteiger partial charge in [-0.2, -0.15) is 0 Å². The molecule has 0 amide bonds. The van der Waals surface area contributed by atoms with Crippen molar-refractivity contribution in [1.82, 2.24) is 4.98 Å². The van der Waals surface area contributed by atoms with Crippen molar-refractivity contribution in [1.29, 1.82) is 0 Å². The van der Waals surface area contributed by atoms with Crippen molar-refractivity contribution in [3.8, 4) is 5.75 Å². The molecule has 0 aliphatic carbocycles. The van der Waals surface area contributed by atoms with Crippen LogP contribution in [0.2, 0.25) is 0 Å². The number of phenolic OH excluding ortho intramolecular Hbond substituents is 1. The summed E-state index contributed by atoms with van der Waals surface area (Å²) < 4.78 is 0. The van der Waals surface area contributed by atoms with Crippen molar-refractivity contribution < 1.29 is 5.11 Å². The van der Waals surface area contributed by atoms with Crippen molar-refractivity contribution in [2.45, 2.75) is 19.9 Å². The molecule has 0 radical (unpaired) electrons. The van der Waals surface area contributed by atoms with Gasteiger partial charge in [0, 0.05) is 16.6 Å². The fraction of sp³-hybridized carbons (Fsp3) is 0.136. The zero-order chi connectivity index (χ0) is 18.1. The highest BCUT2D eigenvalue weighted by molar-refractivity contribution is 7.15. The second-order valence-electron chi connectivity index (χ2n) is 6.48. The van der Waals surface area contributed by atoms with Gasteiger partial charge in [0.05, 0.1) is 6.04 Å². The van der Waals surface area contributed by atoms with E-state index in [0.717, 1.165) is 31.9 Å². The number of benzene rings is 3. The van der Waals surface area contributed by atoms with Crippen LogP contribution in [0.4, 0.5) is 5.13 Å². The quantitative estimate of drug-likeness (QED) is 0.482. The molecule has 0 spiro atoms. The lowest BCUT2D eigenvalue weighted by Crippen LogP contribution is -2.13. The van der Waals surface area contributed by atoms with E-state index in [2.05, 4.69) is 53.6 Å². The number of hydrogen-bond donors (Lipinski definition) is 2. The Balaban J connectivity index is 1.90. The SMILES string of the molecule is Cc1ccc(C(Nc2ncc(C)s2)c2c(O)ccc3ccccc23)cc1. The monoisotopic (exact) mass is 360 g/mol. The summed E-state index contributed by atoms with van der Waals surface area (Å²) in [5, 5.41) is 17.2. The highest BCUT2D eigenvalue weighted by Crippen LogP contribution is 2.38. The minimum atomic E-state index is -0.188. The first-order chi connectivity index (χ1) is 12.6. The fourth-order valence-electron chi connectivity index (χ4n) is 3.21. The molecule has 0 bridgehead atoms. The van der Waals surface area contributed by atoms with Crippen molar-refractivity contribution in [3.63, 3.8) is 0 Å². The zero-order valence-electron chi connectivity index (χ0n) is 14.7. The maximum Gasteiger partial charge on any atom is 0.183 e. The lowest BCUT2D eigenvalue weighted by Gasteiger charge is -2.22. The average Bonchev–Trinajstić information content (AvgIpc) is 3.06. The van der Waals surface area contributed by atoms with Crippen LogP contribution in [0.5, 0.6) is 5.75 Å². The van der Waals surface area contributed by atoms with Crippen molar-refractivity contribution in [2.24, 2.45) is 0 Å². The van der Waals surface area contributed by atoms with E-state index in [9.17, 15) is 5.11 Å². The van der Waals surface area contributed by atoms with Crippen molar-refractivity contribution in [3.05, 3.63) is 88.4 Å². The maximum absolute atomic E-state index is 10.7. The molecule has 0 saturated heterocycles. The van der Waals surface area contributed by atoms with Gasteiger partial charge < -0.3 is 10.4 Å².